The van der Waals surface area contributed by atoms with Crippen LogP contribution < -0.4 is 5.32 Å². The van der Waals surface area contributed by atoms with E-state index in [1.807, 2.05) is 0 Å². The van der Waals surface area contributed by atoms with Crippen molar-refractivity contribution in [3.05, 3.63) is 58.9 Å². The summed E-state index contributed by atoms with van der Waals surface area (Å²) in [6, 6.07) is 9.41. The van der Waals surface area contributed by atoms with Gasteiger partial charge in [-0.05, 0) is 24.3 Å². The number of hydrogen-bond donors (Lipinski definition) is 2. The molecular formula is C13H9ClN2O3. The Balaban J connectivity index is 2.15. The van der Waals surface area contributed by atoms with Crippen molar-refractivity contribution in [2.45, 2.75) is 0 Å². The number of pyridine rings is 1. The van der Waals surface area contributed by atoms with E-state index in [-0.39, 0.29) is 11.6 Å². The van der Waals surface area contributed by atoms with E-state index in [2.05, 4.69) is 10.3 Å². The molecule has 6 heteroatoms. The first-order valence-electron chi connectivity index (χ1n) is 5.33. The fraction of sp³-hybridized carbons (Fsp3) is 0. The number of hydrogen-bond acceptors (Lipinski definition) is 3. The largest absolute Gasteiger partial charge is 0.477 e. The molecule has 5 nitrogen and oxygen atoms in total. The molecule has 0 unspecified atom stereocenters. The van der Waals surface area contributed by atoms with Crippen LogP contribution in [-0.2, 0) is 0 Å². The van der Waals surface area contributed by atoms with Gasteiger partial charge in [0.05, 0.1) is 22.5 Å². The van der Waals surface area contributed by atoms with Crippen molar-refractivity contribution >= 4 is 29.2 Å². The monoisotopic (exact) mass is 276 g/mol. The molecule has 0 bridgehead atoms. The Labute approximate surface area is 113 Å². The molecule has 0 aliphatic carbocycles. The molecule has 2 aromatic rings. The summed E-state index contributed by atoms with van der Waals surface area (Å²) in [5.74, 6) is -1.50. The molecule has 1 heterocycles. The second-order valence-corrected chi connectivity index (χ2v) is 4.08. The van der Waals surface area contributed by atoms with Gasteiger partial charge in [-0.15, -0.1) is 0 Å². The van der Waals surface area contributed by atoms with Crippen molar-refractivity contribution in [3.8, 4) is 0 Å². The molecule has 0 spiro atoms. The molecule has 0 atom stereocenters. The SMILES string of the molecule is O=C(O)c1ccc(NC(=O)c2ccccc2Cl)cn1. The summed E-state index contributed by atoms with van der Waals surface area (Å²) < 4.78 is 0. The van der Waals surface area contributed by atoms with Crippen LogP contribution in [0.1, 0.15) is 20.8 Å². The number of halogens is 1. The van der Waals surface area contributed by atoms with Crippen LogP contribution in [0.3, 0.4) is 0 Å². The highest BCUT2D eigenvalue weighted by Crippen LogP contribution is 2.16. The van der Waals surface area contributed by atoms with E-state index in [0.717, 1.165) is 0 Å². The quantitative estimate of drug-likeness (QED) is 0.903. The minimum absolute atomic E-state index is 0.0873. The lowest BCUT2D eigenvalue weighted by atomic mass is 10.2. The molecule has 0 saturated heterocycles. The van der Waals surface area contributed by atoms with Gasteiger partial charge in [0.15, 0.2) is 0 Å². The van der Waals surface area contributed by atoms with Crippen LogP contribution in [0.15, 0.2) is 42.6 Å². The molecule has 1 amide bonds. The third-order valence-corrected chi connectivity index (χ3v) is 2.69. The van der Waals surface area contributed by atoms with Crippen molar-refractivity contribution in [2.75, 3.05) is 5.32 Å². The number of carbonyl (C=O) groups is 2. The number of carbonyl (C=O) groups excluding carboxylic acids is 1. The third-order valence-electron chi connectivity index (χ3n) is 2.36. The van der Waals surface area contributed by atoms with Crippen molar-refractivity contribution in [2.24, 2.45) is 0 Å². The molecule has 0 aliphatic rings. The smallest absolute Gasteiger partial charge is 0.354 e. The second-order valence-electron chi connectivity index (χ2n) is 3.67. The number of benzene rings is 1. The van der Waals surface area contributed by atoms with Crippen LogP contribution in [0.25, 0.3) is 0 Å². The van der Waals surface area contributed by atoms with Gasteiger partial charge in [0.1, 0.15) is 5.69 Å². The van der Waals surface area contributed by atoms with Gasteiger partial charge in [-0.2, -0.15) is 0 Å². The summed E-state index contributed by atoms with van der Waals surface area (Å²) in [5.41, 5.74) is 0.650. The van der Waals surface area contributed by atoms with Crippen molar-refractivity contribution in [1.82, 2.24) is 4.98 Å². The first-order chi connectivity index (χ1) is 9.08. The van der Waals surface area contributed by atoms with Crippen LogP contribution in [0.2, 0.25) is 5.02 Å². The molecule has 0 fully saturated rings. The van der Waals surface area contributed by atoms with Crippen LogP contribution in [-0.4, -0.2) is 22.0 Å². The lowest BCUT2D eigenvalue weighted by Gasteiger charge is -2.06. The molecule has 0 saturated carbocycles. The molecule has 2 N–H and O–H groups in total. The summed E-state index contributed by atoms with van der Waals surface area (Å²) >= 11 is 5.90. The zero-order chi connectivity index (χ0) is 13.8. The van der Waals surface area contributed by atoms with E-state index < -0.39 is 5.97 Å². The maximum atomic E-state index is 11.9. The normalized spacial score (nSPS) is 9.95. The van der Waals surface area contributed by atoms with Crippen LogP contribution >= 0.6 is 11.6 Å². The van der Waals surface area contributed by atoms with Crippen molar-refractivity contribution in [3.63, 3.8) is 0 Å². The number of anilines is 1. The van der Waals surface area contributed by atoms with Gasteiger partial charge in [-0.25, -0.2) is 9.78 Å². The number of carboxylic acid groups (broad SMARTS) is 1. The number of carboxylic acids is 1. The van der Waals surface area contributed by atoms with E-state index in [0.29, 0.717) is 16.3 Å². The van der Waals surface area contributed by atoms with Crippen molar-refractivity contribution in [1.29, 1.82) is 0 Å². The number of aromatic nitrogens is 1. The molecule has 0 aliphatic heterocycles. The molecule has 96 valence electrons. The van der Waals surface area contributed by atoms with Gasteiger partial charge in [-0.1, -0.05) is 23.7 Å². The number of nitrogens with one attached hydrogen (secondary N) is 1. The standard InChI is InChI=1S/C13H9ClN2O3/c14-10-4-2-1-3-9(10)12(17)16-8-5-6-11(13(18)19)15-7-8/h1-7H,(H,16,17)(H,18,19). The fourth-order valence-corrected chi connectivity index (χ4v) is 1.66. The van der Waals surface area contributed by atoms with Gasteiger partial charge in [0, 0.05) is 0 Å². The van der Waals surface area contributed by atoms with E-state index in [9.17, 15) is 9.59 Å². The minimum atomic E-state index is -1.12. The molecular weight excluding hydrogens is 268 g/mol. The zero-order valence-electron chi connectivity index (χ0n) is 9.63. The number of amides is 1. The maximum absolute atomic E-state index is 11.9. The van der Waals surface area contributed by atoms with Crippen LogP contribution in [0.4, 0.5) is 5.69 Å². The fourth-order valence-electron chi connectivity index (χ4n) is 1.44. The molecule has 0 radical (unpaired) electrons. The molecule has 1 aromatic carbocycles. The number of rotatable bonds is 3. The Morgan fingerprint density at radius 2 is 1.89 bits per heavy atom. The lowest BCUT2D eigenvalue weighted by Crippen LogP contribution is -2.13. The highest BCUT2D eigenvalue weighted by molar-refractivity contribution is 6.34. The lowest BCUT2D eigenvalue weighted by molar-refractivity contribution is 0.0690. The molecule has 19 heavy (non-hydrogen) atoms. The van der Waals surface area contributed by atoms with E-state index in [1.165, 1.54) is 18.3 Å². The van der Waals surface area contributed by atoms with Crippen LogP contribution in [0, 0.1) is 0 Å². The molecule has 1 aromatic heterocycles. The summed E-state index contributed by atoms with van der Waals surface area (Å²) in [7, 11) is 0. The Kier molecular flexibility index (Phi) is 3.77. The Hall–Kier alpha value is -2.40. The van der Waals surface area contributed by atoms with Gasteiger partial charge in [-0.3, -0.25) is 4.79 Å². The first-order valence-corrected chi connectivity index (χ1v) is 5.71. The zero-order valence-corrected chi connectivity index (χ0v) is 10.4. The predicted molar refractivity (Wildman–Crippen MR) is 70.6 cm³/mol. The minimum Gasteiger partial charge on any atom is -0.477 e. The van der Waals surface area contributed by atoms with Gasteiger partial charge < -0.3 is 10.4 Å². The number of aromatic carboxylic acids is 1. The summed E-state index contributed by atoms with van der Waals surface area (Å²) in [5, 5.41) is 11.6. The Morgan fingerprint density at radius 1 is 1.16 bits per heavy atom. The Morgan fingerprint density at radius 3 is 2.47 bits per heavy atom. The maximum Gasteiger partial charge on any atom is 0.354 e. The topological polar surface area (TPSA) is 79.3 Å². The van der Waals surface area contributed by atoms with E-state index in [4.69, 9.17) is 16.7 Å². The Bertz CT molecular complexity index is 626. The first kappa shape index (κ1) is 13.0. The molecule has 2 rings (SSSR count). The summed E-state index contributed by atoms with van der Waals surface area (Å²) in [6.07, 6.45) is 1.28. The van der Waals surface area contributed by atoms with Gasteiger partial charge >= 0.3 is 5.97 Å². The van der Waals surface area contributed by atoms with Crippen molar-refractivity contribution < 1.29 is 14.7 Å². The summed E-state index contributed by atoms with van der Waals surface area (Å²) in [6.45, 7) is 0. The highest BCUT2D eigenvalue weighted by Gasteiger charge is 2.10. The van der Waals surface area contributed by atoms with E-state index >= 15 is 0 Å². The average Bonchev–Trinajstić information content (AvgIpc) is 2.39. The highest BCUT2D eigenvalue weighted by atomic mass is 35.5. The predicted octanol–water partition coefficient (Wildman–Crippen LogP) is 2.69. The summed E-state index contributed by atoms with van der Waals surface area (Å²) in [4.78, 5) is 26.2. The van der Waals surface area contributed by atoms with E-state index in [1.54, 1.807) is 24.3 Å². The average molecular weight is 277 g/mol. The number of nitrogens with zero attached hydrogens (tertiary/aromatic N) is 1. The second kappa shape index (κ2) is 5.49. The van der Waals surface area contributed by atoms with Gasteiger partial charge in [0.25, 0.3) is 5.91 Å². The van der Waals surface area contributed by atoms with Gasteiger partial charge in [0.2, 0.25) is 0 Å². The third kappa shape index (κ3) is 3.08. The van der Waals surface area contributed by atoms with Crippen LogP contribution in [0.5, 0.6) is 0 Å².